The van der Waals surface area contributed by atoms with Crippen molar-refractivity contribution < 1.29 is 9.31 Å². The van der Waals surface area contributed by atoms with Crippen molar-refractivity contribution in [3.05, 3.63) is 333 Å². The number of benzene rings is 12. The molecule has 462 valence electrons. The fourth-order valence-corrected chi connectivity index (χ4v) is 13.0. The van der Waals surface area contributed by atoms with E-state index in [0.29, 0.717) is 5.82 Å². The first-order valence-electron chi connectivity index (χ1n) is 32.4. The summed E-state index contributed by atoms with van der Waals surface area (Å²) in [6, 6.07) is 113. The van der Waals surface area contributed by atoms with Crippen molar-refractivity contribution in [2.24, 2.45) is 0 Å². The van der Waals surface area contributed by atoms with Crippen molar-refractivity contribution in [1.82, 2.24) is 29.1 Å². The quantitative estimate of drug-likeness (QED) is 0.100. The molecule has 8 nitrogen and oxygen atoms in total. The number of halogens is 1. The molecule has 0 amide bonds. The predicted octanol–water partition coefficient (Wildman–Crippen LogP) is 21.5. The maximum absolute atomic E-state index is 6.51. The lowest BCUT2D eigenvalue weighted by atomic mass is 9.76. The summed E-state index contributed by atoms with van der Waals surface area (Å²) in [6.07, 6.45) is 0. The van der Waals surface area contributed by atoms with Crippen molar-refractivity contribution in [1.29, 1.82) is 0 Å². The summed E-state index contributed by atoms with van der Waals surface area (Å²) in [7, 11) is -0.427. The van der Waals surface area contributed by atoms with E-state index in [2.05, 4.69) is 296 Å². The fraction of sp³-hybridized carbons (Fsp3) is 0.0698. The number of rotatable bonds is 10. The highest BCUT2D eigenvalue weighted by molar-refractivity contribution is 6.66. The van der Waals surface area contributed by atoms with Crippen LogP contribution in [-0.4, -0.2) is 47.4 Å². The molecule has 10 heteroatoms. The van der Waals surface area contributed by atoms with E-state index in [1.165, 1.54) is 43.9 Å². The Bertz CT molecular complexity index is 5280. The summed E-state index contributed by atoms with van der Waals surface area (Å²) in [6.45, 7) is 8.42. The Labute approximate surface area is 564 Å². The second-order valence-corrected chi connectivity index (χ2v) is 25.2. The van der Waals surface area contributed by atoms with Gasteiger partial charge in [0, 0.05) is 60.7 Å². The average Bonchev–Trinajstić information content (AvgIpc) is 1.57. The standard InChI is InChI=1S/C40H27N3.C30H28BNO2.C16H11ClN2/c1-5-14-28(15-6-1)31-24-25-37-34(26-31)39-33(22-13-23-38(39)43(37)32-20-11-4-12-21-32)40-41-35(29-16-7-2-8-17-29)27-36(42-40)30-18-9-3-10-19-30;1-29(2)30(3,4)34-31(33-29)25-16-11-17-27-28(25)24-20-22(21-12-7-5-8-13-21)18-19-26(24)32(27)23-14-9-6-10-15-23;17-16-18-14(12-7-3-1-4-8-12)11-15(19-16)13-9-5-2-6-10-13/h1-27H;5-20H,1-4H3;1-11H. The van der Waals surface area contributed by atoms with Crippen LogP contribution >= 0.6 is 11.6 Å². The van der Waals surface area contributed by atoms with Crippen LogP contribution in [0.25, 0.3) is 134 Å². The van der Waals surface area contributed by atoms with Crippen molar-refractivity contribution in [2.45, 2.75) is 38.9 Å². The van der Waals surface area contributed by atoms with Crippen molar-refractivity contribution in [3.8, 4) is 90.0 Å². The Morgan fingerprint density at radius 2 is 0.635 bits per heavy atom. The van der Waals surface area contributed by atoms with Crippen LogP contribution in [0.4, 0.5) is 0 Å². The molecule has 0 saturated carbocycles. The Kier molecular flexibility index (Phi) is 16.6. The lowest BCUT2D eigenvalue weighted by molar-refractivity contribution is 0.00578. The van der Waals surface area contributed by atoms with Crippen molar-refractivity contribution in [2.75, 3.05) is 0 Å². The molecule has 0 spiro atoms. The van der Waals surface area contributed by atoms with Crippen LogP contribution in [0, 0.1) is 0 Å². The molecule has 0 radical (unpaired) electrons. The zero-order chi connectivity index (χ0) is 65.2. The zero-order valence-electron chi connectivity index (χ0n) is 53.6. The Balaban J connectivity index is 0.000000127. The van der Waals surface area contributed by atoms with E-state index in [9.17, 15) is 0 Å². The van der Waals surface area contributed by atoms with Gasteiger partial charge in [0.05, 0.1) is 56.0 Å². The first-order valence-corrected chi connectivity index (χ1v) is 32.8. The van der Waals surface area contributed by atoms with Crippen LogP contribution in [0.15, 0.2) is 328 Å². The Morgan fingerprint density at radius 1 is 0.302 bits per heavy atom. The van der Waals surface area contributed by atoms with Gasteiger partial charge in [-0.15, -0.1) is 0 Å². The van der Waals surface area contributed by atoms with Crippen LogP contribution < -0.4 is 5.46 Å². The molecule has 0 aliphatic carbocycles. The minimum atomic E-state index is -0.427. The van der Waals surface area contributed by atoms with E-state index in [1.54, 1.807) is 0 Å². The molecule has 0 bridgehead atoms. The SMILES string of the molecule is CC1(C)OB(c2cccc3c2c2cc(-c4ccccc4)ccc2n3-c2ccccc2)OC1(C)C.Clc1nc(-c2ccccc2)cc(-c2ccccc2)n1.c1ccc(-c2ccc3c(c2)c2c(-c4nc(-c5ccccc5)cc(-c5ccccc5)n4)cccc2n3-c2ccccc2)cc1. The molecule has 0 atom stereocenters. The van der Waals surface area contributed by atoms with E-state index < -0.39 is 18.3 Å². The molecule has 16 aromatic rings. The van der Waals surface area contributed by atoms with Gasteiger partial charge in [-0.1, -0.05) is 255 Å². The van der Waals surface area contributed by atoms with Crippen molar-refractivity contribution in [3.63, 3.8) is 0 Å². The Morgan fingerprint density at radius 3 is 1.03 bits per heavy atom. The van der Waals surface area contributed by atoms with Crippen LogP contribution in [0.5, 0.6) is 0 Å². The largest absolute Gasteiger partial charge is 0.495 e. The summed E-state index contributed by atoms with van der Waals surface area (Å²) in [5.41, 5.74) is 20.6. The maximum Gasteiger partial charge on any atom is 0.495 e. The molecule has 0 N–H and O–H groups in total. The van der Waals surface area contributed by atoms with E-state index >= 15 is 0 Å². The molecule has 1 saturated heterocycles. The van der Waals surface area contributed by atoms with Crippen molar-refractivity contribution >= 4 is 67.8 Å². The second-order valence-electron chi connectivity index (χ2n) is 24.9. The molecule has 1 fully saturated rings. The van der Waals surface area contributed by atoms with E-state index in [0.717, 1.165) is 89.4 Å². The number of hydrogen-bond acceptors (Lipinski definition) is 6. The zero-order valence-corrected chi connectivity index (χ0v) is 54.4. The number of para-hydroxylation sites is 2. The van der Waals surface area contributed by atoms with Gasteiger partial charge in [0.1, 0.15) is 0 Å². The van der Waals surface area contributed by atoms with Gasteiger partial charge in [-0.3, -0.25) is 0 Å². The third-order valence-corrected chi connectivity index (χ3v) is 18.5. The molecule has 12 aromatic carbocycles. The summed E-state index contributed by atoms with van der Waals surface area (Å²) < 4.78 is 17.7. The predicted molar refractivity (Wildman–Crippen MR) is 398 cm³/mol. The molecule has 0 unspecified atom stereocenters. The first-order chi connectivity index (χ1) is 47.0. The third-order valence-electron chi connectivity index (χ3n) is 18.3. The normalized spacial score (nSPS) is 13.1. The lowest BCUT2D eigenvalue weighted by Crippen LogP contribution is -2.41. The van der Waals surface area contributed by atoms with Crippen LogP contribution in [-0.2, 0) is 9.31 Å². The molecule has 96 heavy (non-hydrogen) atoms. The minimum absolute atomic E-state index is 0.264. The topological polar surface area (TPSA) is 79.9 Å². The van der Waals surface area contributed by atoms with E-state index in [1.807, 2.05) is 78.9 Å². The van der Waals surface area contributed by atoms with Gasteiger partial charge in [0.15, 0.2) is 5.82 Å². The van der Waals surface area contributed by atoms with E-state index in [-0.39, 0.29) is 5.28 Å². The molecule has 4 aromatic heterocycles. The molecule has 17 rings (SSSR count). The van der Waals surface area contributed by atoms with Gasteiger partial charge < -0.3 is 18.4 Å². The summed E-state index contributed by atoms with van der Waals surface area (Å²) in [4.78, 5) is 19.0. The van der Waals surface area contributed by atoms with Gasteiger partial charge in [0.25, 0.3) is 0 Å². The molecule has 1 aliphatic rings. The second kappa shape index (κ2) is 26.2. The highest BCUT2D eigenvalue weighted by atomic mass is 35.5. The maximum atomic E-state index is 6.51. The van der Waals surface area contributed by atoms with Crippen LogP contribution in [0.2, 0.25) is 5.28 Å². The fourth-order valence-electron chi connectivity index (χ4n) is 12.9. The summed E-state index contributed by atoms with van der Waals surface area (Å²) in [5.74, 6) is 0.711. The highest BCUT2D eigenvalue weighted by Crippen LogP contribution is 2.43. The van der Waals surface area contributed by atoms with Crippen LogP contribution in [0.1, 0.15) is 27.7 Å². The highest BCUT2D eigenvalue weighted by Gasteiger charge is 2.52. The molecule has 5 heterocycles. The van der Waals surface area contributed by atoms with E-state index in [4.69, 9.17) is 30.9 Å². The van der Waals surface area contributed by atoms with Gasteiger partial charge >= 0.3 is 7.12 Å². The molecule has 1 aliphatic heterocycles. The number of hydrogen-bond donors (Lipinski definition) is 0. The molecular formula is C86H66BClN6O2. The smallest absolute Gasteiger partial charge is 0.399 e. The molecular weight excluding hydrogens is 1200 g/mol. The van der Waals surface area contributed by atoms with Gasteiger partial charge in [-0.2, -0.15) is 0 Å². The lowest BCUT2D eigenvalue weighted by Gasteiger charge is -2.32. The number of nitrogens with zero attached hydrogens (tertiary/aromatic N) is 6. The minimum Gasteiger partial charge on any atom is -0.399 e. The van der Waals surface area contributed by atoms with Gasteiger partial charge in [-0.05, 0) is 140 Å². The number of aromatic nitrogens is 6. The van der Waals surface area contributed by atoms with Gasteiger partial charge in [-0.25, -0.2) is 19.9 Å². The van der Waals surface area contributed by atoms with Crippen LogP contribution in [0.3, 0.4) is 0 Å². The summed E-state index contributed by atoms with van der Waals surface area (Å²) >= 11 is 6.03. The third kappa shape index (κ3) is 12.1. The first kappa shape index (κ1) is 60.9. The average molecular weight is 1260 g/mol. The number of fused-ring (bicyclic) bond motifs is 6. The Hall–Kier alpha value is -11.3. The van der Waals surface area contributed by atoms with Gasteiger partial charge in [0.2, 0.25) is 5.28 Å². The summed E-state index contributed by atoms with van der Waals surface area (Å²) in [5, 5.41) is 4.96. The monoisotopic (exact) mass is 1260 g/mol.